The minimum absolute atomic E-state index is 0.0148. The molecule has 1 saturated heterocycles. The van der Waals surface area contributed by atoms with Crippen molar-refractivity contribution in [2.24, 2.45) is 0 Å². The van der Waals surface area contributed by atoms with E-state index in [1.54, 1.807) is 25.2 Å². The van der Waals surface area contributed by atoms with Crippen LogP contribution >= 0.6 is 0 Å². The standard InChI is InChI=1S/C15H19N3O5/c1-17-12-6-10(2-3-13(12)23-9-14(17)20)16-15(21)18-4-5-22-8-11(19)7-18/h2-3,6,11,19H,4-5,7-9H2,1H3,(H,16,21)/t11-/m0/s1. The number of rotatable bonds is 1. The van der Waals surface area contributed by atoms with Crippen LogP contribution in [0.5, 0.6) is 5.75 Å². The molecule has 0 spiro atoms. The molecule has 2 aliphatic rings. The summed E-state index contributed by atoms with van der Waals surface area (Å²) in [5.74, 6) is 0.456. The molecule has 1 fully saturated rings. The summed E-state index contributed by atoms with van der Waals surface area (Å²) in [6, 6.07) is 4.80. The minimum Gasteiger partial charge on any atom is -0.482 e. The van der Waals surface area contributed by atoms with Gasteiger partial charge in [0.25, 0.3) is 5.91 Å². The van der Waals surface area contributed by atoms with Crippen molar-refractivity contribution in [3.63, 3.8) is 0 Å². The lowest BCUT2D eigenvalue weighted by atomic mass is 10.2. The molecule has 0 radical (unpaired) electrons. The van der Waals surface area contributed by atoms with E-state index >= 15 is 0 Å². The number of aliphatic hydroxyl groups excluding tert-OH is 1. The molecule has 0 aromatic heterocycles. The molecule has 2 heterocycles. The largest absolute Gasteiger partial charge is 0.482 e. The second-order valence-corrected chi connectivity index (χ2v) is 5.53. The Labute approximate surface area is 133 Å². The van der Waals surface area contributed by atoms with Crippen LogP contribution in [0.3, 0.4) is 0 Å². The van der Waals surface area contributed by atoms with Gasteiger partial charge in [-0.15, -0.1) is 0 Å². The van der Waals surface area contributed by atoms with E-state index in [-0.39, 0.29) is 31.7 Å². The average molecular weight is 321 g/mol. The van der Waals surface area contributed by atoms with Gasteiger partial charge in [-0.1, -0.05) is 0 Å². The smallest absolute Gasteiger partial charge is 0.322 e. The van der Waals surface area contributed by atoms with Gasteiger partial charge < -0.3 is 29.7 Å². The number of urea groups is 1. The van der Waals surface area contributed by atoms with Crippen molar-refractivity contribution < 1.29 is 24.2 Å². The number of hydrogen-bond acceptors (Lipinski definition) is 5. The van der Waals surface area contributed by atoms with E-state index in [9.17, 15) is 14.7 Å². The van der Waals surface area contributed by atoms with Crippen LogP contribution in [0.2, 0.25) is 0 Å². The van der Waals surface area contributed by atoms with Crippen molar-refractivity contribution in [3.05, 3.63) is 18.2 Å². The Kier molecular flexibility index (Phi) is 4.35. The molecule has 3 amide bonds. The lowest BCUT2D eigenvalue weighted by molar-refractivity contribution is -0.120. The Bertz CT molecular complexity index is 621. The quantitative estimate of drug-likeness (QED) is 0.774. The van der Waals surface area contributed by atoms with Gasteiger partial charge in [0.1, 0.15) is 5.75 Å². The van der Waals surface area contributed by atoms with E-state index in [0.29, 0.717) is 30.3 Å². The Morgan fingerprint density at radius 3 is 3.09 bits per heavy atom. The molecule has 8 heteroatoms. The van der Waals surface area contributed by atoms with Gasteiger partial charge in [0.05, 0.1) is 31.5 Å². The predicted octanol–water partition coefficient (Wildman–Crippen LogP) is 0.267. The highest BCUT2D eigenvalue weighted by atomic mass is 16.5. The van der Waals surface area contributed by atoms with E-state index in [2.05, 4.69) is 5.32 Å². The van der Waals surface area contributed by atoms with E-state index in [1.807, 2.05) is 0 Å². The molecule has 0 bridgehead atoms. The number of aliphatic hydroxyl groups is 1. The summed E-state index contributed by atoms with van der Waals surface area (Å²) >= 11 is 0. The van der Waals surface area contributed by atoms with Gasteiger partial charge in [-0.3, -0.25) is 4.79 Å². The number of likely N-dealkylation sites (N-methyl/N-ethyl adjacent to an activating group) is 1. The number of anilines is 2. The van der Waals surface area contributed by atoms with Crippen LogP contribution in [0.1, 0.15) is 0 Å². The Morgan fingerprint density at radius 1 is 1.43 bits per heavy atom. The maximum atomic E-state index is 12.3. The second kappa shape index (κ2) is 6.43. The van der Waals surface area contributed by atoms with Crippen molar-refractivity contribution >= 4 is 23.3 Å². The van der Waals surface area contributed by atoms with Crippen LogP contribution in [0, 0.1) is 0 Å². The number of β-amino-alcohol motifs (C(OH)–C–C–N with tert-alkyl or cyclic N) is 1. The number of hydrogen-bond donors (Lipinski definition) is 2. The summed E-state index contributed by atoms with van der Waals surface area (Å²) in [6.07, 6.45) is -0.691. The number of carbonyl (C=O) groups is 2. The maximum Gasteiger partial charge on any atom is 0.322 e. The third kappa shape index (κ3) is 3.38. The number of nitrogens with zero attached hydrogens (tertiary/aromatic N) is 2. The van der Waals surface area contributed by atoms with Crippen molar-refractivity contribution in [2.45, 2.75) is 6.10 Å². The highest BCUT2D eigenvalue weighted by Crippen LogP contribution is 2.33. The Hall–Kier alpha value is -2.32. The van der Waals surface area contributed by atoms with Crippen molar-refractivity contribution in [3.8, 4) is 5.75 Å². The third-order valence-corrected chi connectivity index (χ3v) is 3.83. The lowest BCUT2D eigenvalue weighted by Crippen LogP contribution is -2.40. The van der Waals surface area contributed by atoms with Gasteiger partial charge in [0.2, 0.25) is 0 Å². The third-order valence-electron chi connectivity index (χ3n) is 3.83. The average Bonchev–Trinajstić information content (AvgIpc) is 2.76. The van der Waals surface area contributed by atoms with Crippen LogP contribution in [0.25, 0.3) is 0 Å². The van der Waals surface area contributed by atoms with Gasteiger partial charge in [-0.25, -0.2) is 4.79 Å². The van der Waals surface area contributed by atoms with Gasteiger partial charge in [-0.05, 0) is 18.2 Å². The molecule has 2 N–H and O–H groups in total. The first kappa shape index (κ1) is 15.6. The molecule has 8 nitrogen and oxygen atoms in total. The predicted molar refractivity (Wildman–Crippen MR) is 82.8 cm³/mol. The summed E-state index contributed by atoms with van der Waals surface area (Å²) in [7, 11) is 1.66. The first-order valence-corrected chi connectivity index (χ1v) is 7.40. The zero-order valence-electron chi connectivity index (χ0n) is 12.8. The lowest BCUT2D eigenvalue weighted by Gasteiger charge is -2.27. The molecule has 124 valence electrons. The van der Waals surface area contributed by atoms with Crippen LogP contribution in [-0.2, 0) is 9.53 Å². The fourth-order valence-corrected chi connectivity index (χ4v) is 2.53. The van der Waals surface area contributed by atoms with E-state index < -0.39 is 6.10 Å². The zero-order valence-corrected chi connectivity index (χ0v) is 12.8. The van der Waals surface area contributed by atoms with E-state index in [4.69, 9.17) is 9.47 Å². The number of benzene rings is 1. The number of carbonyl (C=O) groups excluding carboxylic acids is 2. The second-order valence-electron chi connectivity index (χ2n) is 5.53. The van der Waals surface area contributed by atoms with Crippen LogP contribution in [0.15, 0.2) is 18.2 Å². The molecule has 0 unspecified atom stereocenters. The molecule has 3 rings (SSSR count). The summed E-state index contributed by atoms with van der Waals surface area (Å²) in [5, 5.41) is 12.5. The van der Waals surface area contributed by atoms with Gasteiger partial charge in [-0.2, -0.15) is 0 Å². The molecule has 1 aromatic carbocycles. The van der Waals surface area contributed by atoms with Gasteiger partial charge in [0, 0.05) is 19.3 Å². The topological polar surface area (TPSA) is 91.3 Å². The van der Waals surface area contributed by atoms with Crippen LogP contribution in [-0.4, -0.2) is 68.0 Å². The molecule has 0 aliphatic carbocycles. The summed E-state index contributed by atoms with van der Waals surface area (Å²) in [4.78, 5) is 27.0. The van der Waals surface area contributed by atoms with E-state index in [0.717, 1.165) is 0 Å². The summed E-state index contributed by atoms with van der Waals surface area (Å²) < 4.78 is 10.6. The number of fused-ring (bicyclic) bond motifs is 1. The van der Waals surface area contributed by atoms with Crippen molar-refractivity contribution in [2.75, 3.05) is 50.2 Å². The first-order valence-electron chi connectivity index (χ1n) is 7.40. The Balaban J connectivity index is 1.73. The monoisotopic (exact) mass is 321 g/mol. The fourth-order valence-electron chi connectivity index (χ4n) is 2.53. The molecule has 1 atom stereocenters. The summed E-state index contributed by atoms with van der Waals surface area (Å²) in [6.45, 7) is 1.26. The summed E-state index contributed by atoms with van der Waals surface area (Å²) in [5.41, 5.74) is 1.16. The normalized spacial score (nSPS) is 21.3. The SMILES string of the molecule is CN1C(=O)COc2ccc(NC(=O)N3CCOC[C@@H](O)C3)cc21. The molecular formula is C15H19N3O5. The number of nitrogens with one attached hydrogen (secondary N) is 1. The van der Waals surface area contributed by atoms with Gasteiger partial charge in [0.15, 0.2) is 6.61 Å². The first-order chi connectivity index (χ1) is 11.0. The van der Waals surface area contributed by atoms with Crippen molar-refractivity contribution in [1.82, 2.24) is 4.90 Å². The highest BCUT2D eigenvalue weighted by molar-refractivity contribution is 5.99. The molecular weight excluding hydrogens is 302 g/mol. The van der Waals surface area contributed by atoms with Crippen molar-refractivity contribution in [1.29, 1.82) is 0 Å². The molecule has 2 aliphatic heterocycles. The number of ether oxygens (including phenoxy) is 2. The minimum atomic E-state index is -0.691. The molecule has 23 heavy (non-hydrogen) atoms. The van der Waals surface area contributed by atoms with Crippen LogP contribution in [0.4, 0.5) is 16.2 Å². The fraction of sp³-hybridized carbons (Fsp3) is 0.467. The Morgan fingerprint density at radius 2 is 2.26 bits per heavy atom. The van der Waals surface area contributed by atoms with Crippen LogP contribution < -0.4 is 15.0 Å². The van der Waals surface area contributed by atoms with Gasteiger partial charge >= 0.3 is 6.03 Å². The number of amides is 3. The zero-order chi connectivity index (χ0) is 16.4. The molecule has 0 saturated carbocycles. The maximum absolute atomic E-state index is 12.3. The van der Waals surface area contributed by atoms with E-state index in [1.165, 1.54) is 9.80 Å². The molecule has 1 aromatic rings. The highest BCUT2D eigenvalue weighted by Gasteiger charge is 2.24.